The quantitative estimate of drug-likeness (QED) is 0.189. The number of rotatable bonds is 9. The molecule has 0 radical (unpaired) electrons. The summed E-state index contributed by atoms with van der Waals surface area (Å²) in [5.41, 5.74) is -0.525. The number of aryl methyl sites for hydroxylation is 1. The number of hydrazone groups is 1. The molecular formula is C24H27FN6O5S. The Morgan fingerprint density at radius 1 is 1.30 bits per heavy atom. The minimum absolute atomic E-state index is 0.0823. The first-order valence-electron chi connectivity index (χ1n) is 11.2. The van der Waals surface area contributed by atoms with E-state index in [1.54, 1.807) is 20.8 Å². The van der Waals surface area contributed by atoms with E-state index in [1.807, 2.05) is 0 Å². The van der Waals surface area contributed by atoms with E-state index in [0.717, 1.165) is 44.9 Å². The molecule has 0 bridgehead atoms. The van der Waals surface area contributed by atoms with Gasteiger partial charge in [-0.3, -0.25) is 24.4 Å². The Kier molecular flexibility index (Phi) is 7.77. The number of ketones is 1. The van der Waals surface area contributed by atoms with E-state index >= 15 is 0 Å². The predicted molar refractivity (Wildman–Crippen MR) is 141 cm³/mol. The third-order valence-electron chi connectivity index (χ3n) is 5.62. The first-order chi connectivity index (χ1) is 17.3. The molecule has 2 heterocycles. The molecule has 0 aliphatic carbocycles. The number of anilines is 1. The van der Waals surface area contributed by atoms with Crippen LogP contribution in [0.5, 0.6) is 5.75 Å². The van der Waals surface area contributed by atoms with Crippen LogP contribution in [0, 0.1) is 18.2 Å². The average Bonchev–Trinajstić information content (AvgIpc) is 3.14. The second-order valence-electron chi connectivity index (χ2n) is 9.07. The molecule has 13 heteroatoms. The number of aromatic nitrogens is 2. The van der Waals surface area contributed by atoms with Gasteiger partial charge in [-0.05, 0) is 52.8 Å². The zero-order valence-corrected chi connectivity index (χ0v) is 21.7. The number of benzene rings is 1. The van der Waals surface area contributed by atoms with Gasteiger partial charge in [-0.2, -0.15) is 5.10 Å². The Balaban J connectivity index is 2.33. The molecule has 1 amide bonds. The number of phenols is 1. The van der Waals surface area contributed by atoms with Gasteiger partial charge in [0.25, 0.3) is 5.56 Å². The molecule has 0 unspecified atom stereocenters. The van der Waals surface area contributed by atoms with Crippen molar-refractivity contribution in [2.45, 2.75) is 52.7 Å². The SMILES string of the molecule is Cc1c(N/N=C\C=N)sc2c1c(=O)n(C(C)(C)C(=O)NC(C)C)c(=O)n2CC(=O)c1cc(F)ccc1O. The van der Waals surface area contributed by atoms with Gasteiger partial charge in [0.15, 0.2) is 5.78 Å². The number of aromatic hydroxyl groups is 1. The number of hydrogen-bond acceptors (Lipinski definition) is 9. The van der Waals surface area contributed by atoms with Gasteiger partial charge in [0.2, 0.25) is 5.91 Å². The molecule has 0 saturated heterocycles. The lowest BCUT2D eigenvalue weighted by Gasteiger charge is -2.27. The normalized spacial score (nSPS) is 11.9. The Bertz CT molecular complexity index is 1550. The zero-order chi connectivity index (χ0) is 27.7. The Morgan fingerprint density at radius 3 is 2.59 bits per heavy atom. The summed E-state index contributed by atoms with van der Waals surface area (Å²) in [6.07, 6.45) is 2.11. The van der Waals surface area contributed by atoms with Gasteiger partial charge in [0.1, 0.15) is 26.9 Å². The highest BCUT2D eigenvalue weighted by Gasteiger charge is 2.36. The highest BCUT2D eigenvalue weighted by molar-refractivity contribution is 7.22. The number of halogens is 1. The molecule has 196 valence electrons. The van der Waals surface area contributed by atoms with Crippen LogP contribution in [0.4, 0.5) is 9.39 Å². The third-order valence-corrected chi connectivity index (χ3v) is 6.84. The highest BCUT2D eigenvalue weighted by atomic mass is 32.1. The molecule has 0 aliphatic rings. The van der Waals surface area contributed by atoms with Crippen LogP contribution in [0.1, 0.15) is 43.6 Å². The first kappa shape index (κ1) is 27.5. The summed E-state index contributed by atoms with van der Waals surface area (Å²) in [7, 11) is 0. The van der Waals surface area contributed by atoms with E-state index < -0.39 is 46.6 Å². The van der Waals surface area contributed by atoms with Gasteiger partial charge < -0.3 is 15.8 Å². The Labute approximate surface area is 214 Å². The number of hydrogen-bond donors (Lipinski definition) is 4. The number of fused-ring (bicyclic) bond motifs is 1. The number of nitrogens with one attached hydrogen (secondary N) is 3. The fourth-order valence-electron chi connectivity index (χ4n) is 3.72. The maximum atomic E-state index is 13.8. The summed E-state index contributed by atoms with van der Waals surface area (Å²) in [6.45, 7) is 7.27. The summed E-state index contributed by atoms with van der Waals surface area (Å²) < 4.78 is 15.6. The zero-order valence-electron chi connectivity index (χ0n) is 20.9. The van der Waals surface area contributed by atoms with Crippen molar-refractivity contribution < 1.29 is 19.1 Å². The third kappa shape index (κ3) is 5.21. The fourth-order valence-corrected chi connectivity index (χ4v) is 4.86. The summed E-state index contributed by atoms with van der Waals surface area (Å²) >= 11 is 0.973. The number of carbonyl (C=O) groups is 2. The molecular weight excluding hydrogens is 503 g/mol. The molecule has 11 nitrogen and oxygen atoms in total. The van der Waals surface area contributed by atoms with Gasteiger partial charge >= 0.3 is 5.69 Å². The minimum atomic E-state index is -1.64. The van der Waals surface area contributed by atoms with E-state index in [1.165, 1.54) is 20.1 Å². The van der Waals surface area contributed by atoms with Gasteiger partial charge in [-0.15, -0.1) is 0 Å². The van der Waals surface area contributed by atoms with Crippen molar-refractivity contribution in [3.8, 4) is 5.75 Å². The highest BCUT2D eigenvalue weighted by Crippen LogP contribution is 2.33. The van der Waals surface area contributed by atoms with Crippen molar-refractivity contribution in [2.24, 2.45) is 5.10 Å². The summed E-state index contributed by atoms with van der Waals surface area (Å²) in [5, 5.41) is 24.2. The molecule has 0 spiro atoms. The van der Waals surface area contributed by atoms with Gasteiger partial charge in [-0.1, -0.05) is 11.3 Å². The van der Waals surface area contributed by atoms with Crippen LogP contribution in [0.2, 0.25) is 0 Å². The molecule has 0 fully saturated rings. The van der Waals surface area contributed by atoms with Gasteiger partial charge in [0, 0.05) is 17.8 Å². The topological polar surface area (TPSA) is 159 Å². The number of carbonyl (C=O) groups excluding carboxylic acids is 2. The van der Waals surface area contributed by atoms with Crippen molar-refractivity contribution in [1.29, 1.82) is 5.41 Å². The lowest BCUT2D eigenvalue weighted by Crippen LogP contribution is -2.56. The second kappa shape index (κ2) is 10.5. The van der Waals surface area contributed by atoms with Crippen molar-refractivity contribution in [3.63, 3.8) is 0 Å². The molecule has 0 atom stereocenters. The van der Waals surface area contributed by atoms with Crippen molar-refractivity contribution in [3.05, 3.63) is 56.0 Å². The van der Waals surface area contributed by atoms with Crippen LogP contribution in [0.25, 0.3) is 10.2 Å². The molecule has 0 saturated carbocycles. The number of thiophene rings is 1. The monoisotopic (exact) mass is 530 g/mol. The van der Waals surface area contributed by atoms with E-state index in [9.17, 15) is 28.7 Å². The van der Waals surface area contributed by atoms with Crippen LogP contribution in [0.3, 0.4) is 0 Å². The van der Waals surface area contributed by atoms with Crippen LogP contribution in [-0.2, 0) is 16.9 Å². The first-order valence-corrected chi connectivity index (χ1v) is 12.0. The lowest BCUT2D eigenvalue weighted by atomic mass is 10.0. The predicted octanol–water partition coefficient (Wildman–Crippen LogP) is 2.57. The van der Waals surface area contributed by atoms with E-state index in [2.05, 4.69) is 15.8 Å². The molecule has 0 aliphatic heterocycles. The molecule has 2 aromatic heterocycles. The summed E-state index contributed by atoms with van der Waals surface area (Å²) in [5.74, 6) is -2.58. The summed E-state index contributed by atoms with van der Waals surface area (Å²) in [6, 6.07) is 2.60. The molecule has 3 rings (SSSR count). The van der Waals surface area contributed by atoms with E-state index in [4.69, 9.17) is 5.41 Å². The molecule has 1 aromatic carbocycles. The average molecular weight is 531 g/mol. The lowest BCUT2D eigenvalue weighted by molar-refractivity contribution is -0.129. The standard InChI is InChI=1S/C24H27FN6O5S/c1-12(2)28-22(35)24(4,5)31-20(34)18-13(3)19(29-27-9-8-26)37-21(18)30(23(31)36)11-17(33)15-10-14(25)6-7-16(15)32/h6-10,12,26,29,32H,11H2,1-5H3,(H,28,35)/b26-8?,27-9-. The van der Waals surface area contributed by atoms with E-state index in [-0.39, 0.29) is 21.8 Å². The Hall–Kier alpha value is -4.13. The second-order valence-corrected chi connectivity index (χ2v) is 10.1. The number of phenolic OH excluding ortho intramolecular Hbond substituents is 1. The van der Waals surface area contributed by atoms with Crippen molar-refractivity contribution in [2.75, 3.05) is 5.43 Å². The summed E-state index contributed by atoms with van der Waals surface area (Å²) in [4.78, 5) is 53.6. The van der Waals surface area contributed by atoms with Crippen LogP contribution < -0.4 is 22.0 Å². The van der Waals surface area contributed by atoms with E-state index in [0.29, 0.717) is 10.6 Å². The largest absolute Gasteiger partial charge is 0.507 e. The fraction of sp³-hybridized carbons (Fsp3) is 0.333. The van der Waals surface area contributed by atoms with Crippen molar-refractivity contribution >= 4 is 50.7 Å². The van der Waals surface area contributed by atoms with Crippen molar-refractivity contribution in [1.82, 2.24) is 14.5 Å². The minimum Gasteiger partial charge on any atom is -0.507 e. The molecule has 3 aromatic rings. The number of Topliss-reactive ketones (excluding diaryl/α,β-unsaturated/α-hetero) is 1. The van der Waals surface area contributed by atoms with Crippen LogP contribution >= 0.6 is 11.3 Å². The maximum Gasteiger partial charge on any atom is 0.333 e. The van der Waals surface area contributed by atoms with Crippen LogP contribution in [0.15, 0.2) is 32.9 Å². The maximum absolute atomic E-state index is 13.8. The van der Waals surface area contributed by atoms with Gasteiger partial charge in [0.05, 0.1) is 23.7 Å². The smallest absolute Gasteiger partial charge is 0.333 e. The van der Waals surface area contributed by atoms with Crippen LogP contribution in [-0.4, -0.2) is 44.4 Å². The van der Waals surface area contributed by atoms with Gasteiger partial charge in [-0.25, -0.2) is 13.8 Å². The number of nitrogens with zero attached hydrogens (tertiary/aromatic N) is 3. The Morgan fingerprint density at radius 2 is 1.97 bits per heavy atom. The molecule has 4 N–H and O–H groups in total. The molecule has 37 heavy (non-hydrogen) atoms. The number of amides is 1.